The summed E-state index contributed by atoms with van der Waals surface area (Å²) >= 11 is 0. The zero-order valence-electron chi connectivity index (χ0n) is 14.7. The highest BCUT2D eigenvalue weighted by Gasteiger charge is 2.10. The second-order valence-corrected chi connectivity index (χ2v) is 5.65. The molecule has 0 unspecified atom stereocenters. The minimum Gasteiger partial charge on any atom is -0.465 e. The molecule has 26 heavy (non-hydrogen) atoms. The fraction of sp³-hybridized carbons (Fsp3) is 0.143. The maximum Gasteiger partial charge on any atom is 0.337 e. The van der Waals surface area contributed by atoms with Crippen molar-refractivity contribution in [1.29, 1.82) is 0 Å². The van der Waals surface area contributed by atoms with Crippen LogP contribution in [0.5, 0.6) is 0 Å². The van der Waals surface area contributed by atoms with Crippen LogP contribution in [0.2, 0.25) is 0 Å². The van der Waals surface area contributed by atoms with Crippen molar-refractivity contribution in [1.82, 2.24) is 15.1 Å². The first-order chi connectivity index (χ1) is 12.7. The number of benzene rings is 2. The van der Waals surface area contributed by atoms with Crippen molar-refractivity contribution >= 4 is 5.97 Å². The molecule has 0 atom stereocenters. The van der Waals surface area contributed by atoms with E-state index in [9.17, 15) is 4.79 Å². The summed E-state index contributed by atoms with van der Waals surface area (Å²) in [6.45, 7) is 0.818. The molecule has 0 aliphatic rings. The number of nitrogens with one attached hydrogen (secondary N) is 1. The van der Waals surface area contributed by atoms with E-state index < -0.39 is 5.97 Å². The monoisotopic (exact) mass is 345 g/mol. The first kappa shape index (κ1) is 17.5. The van der Waals surface area contributed by atoms with Crippen LogP contribution in [0.25, 0.3) is 5.69 Å². The number of ether oxygens (including phenoxy) is 1. The van der Waals surface area contributed by atoms with E-state index in [-0.39, 0.29) is 0 Å². The molecule has 3 rings (SSSR count). The molecule has 0 aliphatic heterocycles. The quantitative estimate of drug-likeness (QED) is 0.584. The lowest BCUT2D eigenvalue weighted by Gasteiger charge is -2.07. The Kier molecular flexibility index (Phi) is 5.47. The average Bonchev–Trinajstić information content (AvgIpc) is 3.21. The van der Waals surface area contributed by atoms with Gasteiger partial charge in [-0.3, -0.25) is 0 Å². The molecule has 0 saturated heterocycles. The third-order valence-electron chi connectivity index (χ3n) is 3.85. The molecule has 5 heteroatoms. The highest BCUT2D eigenvalue weighted by atomic mass is 16.5. The maximum absolute atomic E-state index is 11.8. The van der Waals surface area contributed by atoms with Crippen LogP contribution in [0.3, 0.4) is 0 Å². The van der Waals surface area contributed by atoms with E-state index in [0.717, 1.165) is 17.8 Å². The van der Waals surface area contributed by atoms with Crippen LogP contribution in [-0.4, -0.2) is 29.9 Å². The molecule has 0 saturated carbocycles. The summed E-state index contributed by atoms with van der Waals surface area (Å²) in [7, 11) is 3.28. The van der Waals surface area contributed by atoms with Gasteiger partial charge >= 0.3 is 5.97 Å². The van der Waals surface area contributed by atoms with E-state index in [1.54, 1.807) is 23.0 Å². The lowest BCUT2D eigenvalue weighted by molar-refractivity contribution is 0.0600. The van der Waals surface area contributed by atoms with Crippen molar-refractivity contribution in [2.24, 2.45) is 0 Å². The number of aromatic nitrogens is 2. The van der Waals surface area contributed by atoms with Crippen molar-refractivity contribution in [3.05, 3.63) is 83.2 Å². The Labute approximate surface area is 152 Å². The van der Waals surface area contributed by atoms with Crippen molar-refractivity contribution < 1.29 is 9.53 Å². The number of esters is 1. The molecule has 0 radical (unpaired) electrons. The molecule has 3 aromatic rings. The summed E-state index contributed by atoms with van der Waals surface area (Å²) in [4.78, 5) is 11.8. The van der Waals surface area contributed by atoms with Gasteiger partial charge in [0, 0.05) is 24.5 Å². The van der Waals surface area contributed by atoms with Crippen LogP contribution in [0, 0.1) is 11.8 Å². The second kappa shape index (κ2) is 8.15. The van der Waals surface area contributed by atoms with Gasteiger partial charge in [0.2, 0.25) is 0 Å². The molecule has 0 amide bonds. The second-order valence-electron chi connectivity index (χ2n) is 5.65. The molecule has 2 aromatic carbocycles. The van der Waals surface area contributed by atoms with Crippen LogP contribution < -0.4 is 5.32 Å². The van der Waals surface area contributed by atoms with Gasteiger partial charge in [-0.25, -0.2) is 9.48 Å². The van der Waals surface area contributed by atoms with Crippen molar-refractivity contribution in [2.45, 2.75) is 6.54 Å². The predicted molar refractivity (Wildman–Crippen MR) is 100 cm³/mol. The summed E-state index contributed by atoms with van der Waals surface area (Å²) < 4.78 is 6.53. The molecule has 1 heterocycles. The summed E-state index contributed by atoms with van der Waals surface area (Å²) in [6.07, 6.45) is 3.54. The van der Waals surface area contributed by atoms with Gasteiger partial charge in [0.05, 0.1) is 23.9 Å². The molecule has 5 nitrogen and oxygen atoms in total. The Balaban J connectivity index is 1.98. The zero-order chi connectivity index (χ0) is 18.4. The summed E-state index contributed by atoms with van der Waals surface area (Å²) in [5.74, 6) is 5.92. The Morgan fingerprint density at radius 3 is 2.65 bits per heavy atom. The van der Waals surface area contributed by atoms with E-state index in [1.165, 1.54) is 12.7 Å². The fourth-order valence-electron chi connectivity index (χ4n) is 2.54. The fourth-order valence-corrected chi connectivity index (χ4v) is 2.54. The van der Waals surface area contributed by atoms with Crippen LogP contribution in [0.15, 0.2) is 60.9 Å². The normalized spacial score (nSPS) is 10.1. The third kappa shape index (κ3) is 4.00. The highest BCUT2D eigenvalue weighted by molar-refractivity contribution is 5.90. The van der Waals surface area contributed by atoms with Gasteiger partial charge < -0.3 is 10.1 Å². The van der Waals surface area contributed by atoms with Crippen molar-refractivity contribution in [3.63, 3.8) is 0 Å². The topological polar surface area (TPSA) is 56.1 Å². The first-order valence-electron chi connectivity index (χ1n) is 8.19. The summed E-state index contributed by atoms with van der Waals surface area (Å²) in [6, 6.07) is 15.1. The molecular formula is C21H19N3O2. The van der Waals surface area contributed by atoms with Crippen molar-refractivity contribution in [3.8, 4) is 17.5 Å². The molecule has 0 aliphatic carbocycles. The van der Waals surface area contributed by atoms with Gasteiger partial charge in [-0.05, 0) is 49.0 Å². The van der Waals surface area contributed by atoms with Gasteiger partial charge in [-0.2, -0.15) is 5.10 Å². The van der Waals surface area contributed by atoms with E-state index >= 15 is 0 Å². The van der Waals surface area contributed by atoms with Gasteiger partial charge in [0.1, 0.15) is 0 Å². The van der Waals surface area contributed by atoms with Crippen LogP contribution in [0.4, 0.5) is 0 Å². The molecule has 130 valence electrons. The minimum atomic E-state index is -0.392. The van der Waals surface area contributed by atoms with Gasteiger partial charge in [0.15, 0.2) is 0 Å². The minimum absolute atomic E-state index is 0.392. The van der Waals surface area contributed by atoms with E-state index in [4.69, 9.17) is 4.74 Å². The Morgan fingerprint density at radius 2 is 2.00 bits per heavy atom. The van der Waals surface area contributed by atoms with Crippen LogP contribution >= 0.6 is 0 Å². The van der Waals surface area contributed by atoms with E-state index in [2.05, 4.69) is 22.3 Å². The summed E-state index contributed by atoms with van der Waals surface area (Å²) in [5, 5.41) is 7.37. The smallest absolute Gasteiger partial charge is 0.337 e. The number of methoxy groups -OCH3 is 1. The predicted octanol–water partition coefficient (Wildman–Crippen LogP) is 2.78. The average molecular weight is 345 g/mol. The Hall–Kier alpha value is -3.36. The SMILES string of the molecule is CNCc1ccc(C#Cc2cc(C(=O)OC)ccc2-n2cccn2)cc1. The van der Waals surface area contributed by atoms with Gasteiger partial charge in [0.25, 0.3) is 0 Å². The van der Waals surface area contributed by atoms with E-state index in [0.29, 0.717) is 11.1 Å². The lowest BCUT2D eigenvalue weighted by Crippen LogP contribution is -2.04. The van der Waals surface area contributed by atoms with Crippen LogP contribution in [-0.2, 0) is 11.3 Å². The van der Waals surface area contributed by atoms with E-state index in [1.807, 2.05) is 49.6 Å². The largest absolute Gasteiger partial charge is 0.465 e. The number of hydrogen-bond donors (Lipinski definition) is 1. The number of nitrogens with zero attached hydrogens (tertiary/aromatic N) is 2. The van der Waals surface area contributed by atoms with Gasteiger partial charge in [-0.1, -0.05) is 24.0 Å². The number of carbonyl (C=O) groups is 1. The molecule has 0 spiro atoms. The molecule has 1 aromatic heterocycles. The Bertz CT molecular complexity index is 949. The number of rotatable bonds is 4. The highest BCUT2D eigenvalue weighted by Crippen LogP contribution is 2.16. The third-order valence-corrected chi connectivity index (χ3v) is 3.85. The number of hydrogen-bond acceptors (Lipinski definition) is 4. The van der Waals surface area contributed by atoms with Crippen LogP contribution in [0.1, 0.15) is 27.0 Å². The molecular weight excluding hydrogens is 326 g/mol. The zero-order valence-corrected chi connectivity index (χ0v) is 14.7. The van der Waals surface area contributed by atoms with Crippen molar-refractivity contribution in [2.75, 3.05) is 14.2 Å². The van der Waals surface area contributed by atoms with Gasteiger partial charge in [-0.15, -0.1) is 0 Å². The molecule has 1 N–H and O–H groups in total. The Morgan fingerprint density at radius 1 is 1.19 bits per heavy atom. The molecule has 0 fully saturated rings. The first-order valence-corrected chi connectivity index (χ1v) is 8.19. The maximum atomic E-state index is 11.8. The molecule has 0 bridgehead atoms. The summed E-state index contributed by atoms with van der Waals surface area (Å²) in [5.41, 5.74) is 4.07. The number of carbonyl (C=O) groups excluding carboxylic acids is 1. The standard InChI is InChI=1S/C21H19N3O2/c1-22-15-17-6-4-16(5-7-17)8-9-18-14-19(21(25)26-2)10-11-20(18)24-13-3-12-23-24/h3-7,10-14,22H,15H2,1-2H3. The lowest BCUT2D eigenvalue weighted by atomic mass is 10.1.